The summed E-state index contributed by atoms with van der Waals surface area (Å²) in [5, 5.41) is 4.96. The highest BCUT2D eigenvalue weighted by Gasteiger charge is 1.93. The summed E-state index contributed by atoms with van der Waals surface area (Å²) in [7, 11) is 0. The molecule has 0 saturated carbocycles. The van der Waals surface area contributed by atoms with E-state index in [0.717, 1.165) is 11.7 Å². The van der Waals surface area contributed by atoms with Crippen molar-refractivity contribution in [1.29, 1.82) is 0 Å². The van der Waals surface area contributed by atoms with Crippen molar-refractivity contribution in [3.05, 3.63) is 6.33 Å². The van der Waals surface area contributed by atoms with Crippen LogP contribution in [0.4, 0.5) is 0 Å². The van der Waals surface area contributed by atoms with E-state index in [9.17, 15) is 0 Å². The molecule has 0 radical (unpaired) electrons. The van der Waals surface area contributed by atoms with Crippen LogP contribution in [0.25, 0.3) is 0 Å². The van der Waals surface area contributed by atoms with Crippen LogP contribution in [0.5, 0.6) is 0 Å². The fraction of sp³-hybridized carbons (Fsp3) is 0.600. The zero-order valence-electron chi connectivity index (χ0n) is 5.53. The van der Waals surface area contributed by atoms with Gasteiger partial charge in [0.15, 0.2) is 0 Å². The Balaban J connectivity index is 2.74. The number of hydrogen-bond acceptors (Lipinski definition) is 3. The molecule has 50 valence electrons. The molecule has 0 spiro atoms. The summed E-state index contributed by atoms with van der Waals surface area (Å²) in [6, 6.07) is 0. The van der Waals surface area contributed by atoms with Gasteiger partial charge in [-0.2, -0.15) is 0 Å². The Kier molecular flexibility index (Phi) is 2.10. The third-order valence-electron chi connectivity index (χ3n) is 1.02. The summed E-state index contributed by atoms with van der Waals surface area (Å²) in [4.78, 5) is 4.02. The molecule has 0 bridgehead atoms. The van der Waals surface area contributed by atoms with Gasteiger partial charge in [0.05, 0.1) is 0 Å². The standard InChI is InChI=1S/C5H9N3S/c1-3-8-4-6-5(7-8)9-2/h4H,3H2,1-2H3. The summed E-state index contributed by atoms with van der Waals surface area (Å²) in [5.41, 5.74) is 0. The van der Waals surface area contributed by atoms with Crippen LogP contribution in [0.3, 0.4) is 0 Å². The molecule has 0 aliphatic heterocycles. The normalized spacial score (nSPS) is 10.0. The zero-order valence-corrected chi connectivity index (χ0v) is 6.35. The second-order valence-electron chi connectivity index (χ2n) is 1.59. The van der Waals surface area contributed by atoms with Gasteiger partial charge in [0, 0.05) is 6.54 Å². The van der Waals surface area contributed by atoms with Gasteiger partial charge < -0.3 is 0 Å². The van der Waals surface area contributed by atoms with Gasteiger partial charge in [0.2, 0.25) is 5.16 Å². The molecule has 0 saturated heterocycles. The van der Waals surface area contributed by atoms with Crippen molar-refractivity contribution in [3.63, 3.8) is 0 Å². The highest BCUT2D eigenvalue weighted by molar-refractivity contribution is 7.98. The van der Waals surface area contributed by atoms with Crippen molar-refractivity contribution >= 4 is 11.8 Å². The average Bonchev–Trinajstić information content (AvgIpc) is 2.34. The van der Waals surface area contributed by atoms with Crippen LogP contribution in [0, 0.1) is 0 Å². The molecule has 4 heteroatoms. The molecule has 0 unspecified atom stereocenters. The Bertz CT molecular complexity index is 166. The molecule has 0 fully saturated rings. The highest BCUT2D eigenvalue weighted by Crippen LogP contribution is 2.04. The Morgan fingerprint density at radius 1 is 1.78 bits per heavy atom. The molecule has 1 aromatic heterocycles. The predicted molar refractivity (Wildman–Crippen MR) is 37.5 cm³/mol. The SMILES string of the molecule is CCn1cnc(SC)n1. The molecule has 0 aliphatic carbocycles. The van der Waals surface area contributed by atoms with Crippen molar-refractivity contribution < 1.29 is 0 Å². The van der Waals surface area contributed by atoms with E-state index in [1.54, 1.807) is 18.1 Å². The number of nitrogens with zero attached hydrogens (tertiary/aromatic N) is 3. The molecular weight excluding hydrogens is 134 g/mol. The van der Waals surface area contributed by atoms with Gasteiger partial charge in [-0.3, -0.25) is 4.68 Å². The summed E-state index contributed by atoms with van der Waals surface area (Å²) in [5.74, 6) is 0. The van der Waals surface area contributed by atoms with Crippen molar-refractivity contribution in [2.45, 2.75) is 18.6 Å². The lowest BCUT2D eigenvalue weighted by Crippen LogP contribution is -1.92. The van der Waals surface area contributed by atoms with Gasteiger partial charge in [-0.25, -0.2) is 4.98 Å². The number of hydrogen-bond donors (Lipinski definition) is 0. The summed E-state index contributed by atoms with van der Waals surface area (Å²) >= 11 is 1.56. The maximum absolute atomic E-state index is 4.12. The van der Waals surface area contributed by atoms with Crippen LogP contribution < -0.4 is 0 Å². The van der Waals surface area contributed by atoms with Gasteiger partial charge in [-0.1, -0.05) is 11.8 Å². The molecule has 0 N–H and O–H groups in total. The van der Waals surface area contributed by atoms with Crippen molar-refractivity contribution in [2.75, 3.05) is 6.26 Å². The third kappa shape index (κ3) is 1.45. The van der Waals surface area contributed by atoms with Gasteiger partial charge in [-0.15, -0.1) is 5.10 Å². The fourth-order valence-corrected chi connectivity index (χ4v) is 0.863. The predicted octanol–water partition coefficient (Wildman–Crippen LogP) is 1.02. The van der Waals surface area contributed by atoms with Gasteiger partial charge in [0.25, 0.3) is 0 Å². The maximum Gasteiger partial charge on any atom is 0.208 e. The first-order valence-electron chi connectivity index (χ1n) is 2.80. The van der Waals surface area contributed by atoms with E-state index in [2.05, 4.69) is 10.1 Å². The van der Waals surface area contributed by atoms with E-state index >= 15 is 0 Å². The Labute approximate surface area is 58.5 Å². The molecule has 3 nitrogen and oxygen atoms in total. The number of aromatic nitrogens is 3. The molecule has 0 amide bonds. The van der Waals surface area contributed by atoms with Crippen molar-refractivity contribution in [1.82, 2.24) is 14.8 Å². The Morgan fingerprint density at radius 3 is 2.89 bits per heavy atom. The minimum atomic E-state index is 0.844. The minimum Gasteiger partial charge on any atom is -0.252 e. The van der Waals surface area contributed by atoms with Gasteiger partial charge >= 0.3 is 0 Å². The highest BCUT2D eigenvalue weighted by atomic mass is 32.2. The van der Waals surface area contributed by atoms with E-state index in [-0.39, 0.29) is 0 Å². The summed E-state index contributed by atoms with van der Waals surface area (Å²) in [6.45, 7) is 2.94. The summed E-state index contributed by atoms with van der Waals surface area (Å²) < 4.78 is 1.81. The maximum atomic E-state index is 4.12. The largest absolute Gasteiger partial charge is 0.252 e. The molecule has 0 aliphatic rings. The third-order valence-corrected chi connectivity index (χ3v) is 1.57. The van der Waals surface area contributed by atoms with E-state index in [0.29, 0.717) is 0 Å². The number of aryl methyl sites for hydroxylation is 1. The molecule has 0 aromatic carbocycles. The molecule has 0 atom stereocenters. The van der Waals surface area contributed by atoms with E-state index in [1.807, 2.05) is 17.9 Å². The quantitative estimate of drug-likeness (QED) is 0.579. The van der Waals surface area contributed by atoms with Crippen LogP contribution >= 0.6 is 11.8 Å². The van der Waals surface area contributed by atoms with Gasteiger partial charge in [-0.05, 0) is 13.2 Å². The second kappa shape index (κ2) is 2.87. The Morgan fingerprint density at radius 2 is 2.56 bits per heavy atom. The van der Waals surface area contributed by atoms with Crippen molar-refractivity contribution in [3.8, 4) is 0 Å². The first-order chi connectivity index (χ1) is 4.36. The van der Waals surface area contributed by atoms with Gasteiger partial charge in [0.1, 0.15) is 6.33 Å². The van der Waals surface area contributed by atoms with Crippen LogP contribution in [-0.2, 0) is 6.54 Å². The lowest BCUT2D eigenvalue weighted by Gasteiger charge is -1.87. The van der Waals surface area contributed by atoms with Crippen LogP contribution in [0.1, 0.15) is 6.92 Å². The Hall–Kier alpha value is -0.510. The second-order valence-corrected chi connectivity index (χ2v) is 2.36. The zero-order chi connectivity index (χ0) is 6.69. The number of rotatable bonds is 2. The topological polar surface area (TPSA) is 30.7 Å². The molecule has 1 heterocycles. The first-order valence-corrected chi connectivity index (χ1v) is 4.02. The lowest BCUT2D eigenvalue weighted by molar-refractivity contribution is 0.641. The number of thioether (sulfide) groups is 1. The lowest BCUT2D eigenvalue weighted by atomic mass is 10.8. The van der Waals surface area contributed by atoms with Crippen LogP contribution in [-0.4, -0.2) is 21.0 Å². The van der Waals surface area contributed by atoms with E-state index < -0.39 is 0 Å². The first kappa shape index (κ1) is 6.61. The smallest absolute Gasteiger partial charge is 0.208 e. The molecule has 9 heavy (non-hydrogen) atoms. The molecular formula is C5H9N3S. The van der Waals surface area contributed by atoms with E-state index in [4.69, 9.17) is 0 Å². The van der Waals surface area contributed by atoms with Crippen molar-refractivity contribution in [2.24, 2.45) is 0 Å². The van der Waals surface area contributed by atoms with Crippen LogP contribution in [0.2, 0.25) is 0 Å². The minimum absolute atomic E-state index is 0.844. The summed E-state index contributed by atoms with van der Waals surface area (Å²) in [6.07, 6.45) is 3.71. The monoisotopic (exact) mass is 143 g/mol. The molecule has 1 aromatic rings. The van der Waals surface area contributed by atoms with Crippen LogP contribution in [0.15, 0.2) is 11.5 Å². The molecule has 1 rings (SSSR count). The fourth-order valence-electron chi connectivity index (χ4n) is 0.523. The van der Waals surface area contributed by atoms with E-state index in [1.165, 1.54) is 0 Å². The average molecular weight is 143 g/mol.